The summed E-state index contributed by atoms with van der Waals surface area (Å²) in [4.78, 5) is 38.9. The summed E-state index contributed by atoms with van der Waals surface area (Å²) in [6.07, 6.45) is 3.94. The van der Waals surface area contributed by atoms with Crippen molar-refractivity contribution in [3.63, 3.8) is 0 Å². The number of methoxy groups -OCH3 is 1. The van der Waals surface area contributed by atoms with Crippen molar-refractivity contribution in [2.45, 2.75) is 39.8 Å². The number of nitrogens with one attached hydrogen (secondary N) is 2. The number of Topliss-reactive ketones (excluding diaryl/α,β-unsaturated/α-hetero) is 1. The van der Waals surface area contributed by atoms with Crippen LogP contribution >= 0.6 is 0 Å². The van der Waals surface area contributed by atoms with Gasteiger partial charge in [-0.2, -0.15) is 0 Å². The third kappa shape index (κ3) is 4.65. The summed E-state index contributed by atoms with van der Waals surface area (Å²) in [5.41, 5.74) is 4.12. The molecule has 2 aromatic heterocycles. The Morgan fingerprint density at radius 3 is 2.88 bits per heavy atom. The third-order valence-corrected chi connectivity index (χ3v) is 5.72. The monoisotopic (exact) mass is 435 g/mol. The summed E-state index contributed by atoms with van der Waals surface area (Å²) >= 11 is 0. The average molecular weight is 436 g/mol. The van der Waals surface area contributed by atoms with E-state index in [1.165, 1.54) is 7.11 Å². The second-order valence-electron chi connectivity index (χ2n) is 9.29. The first-order valence-electron chi connectivity index (χ1n) is 10.8. The highest BCUT2D eigenvalue weighted by Gasteiger charge is 2.27. The number of carbonyl (C=O) groups is 2. The normalized spacial score (nSPS) is 16.9. The number of ketones is 1. The predicted octanol–water partition coefficient (Wildman–Crippen LogP) is 3.78. The largest absolute Gasteiger partial charge is 0.453 e. The molecule has 1 aliphatic rings. The van der Waals surface area contributed by atoms with Crippen LogP contribution in [0.4, 0.5) is 4.79 Å². The number of aromatic amines is 1. The molecule has 4 rings (SSSR count). The highest BCUT2D eigenvalue weighted by molar-refractivity contribution is 6.08. The maximum Gasteiger partial charge on any atom is 0.407 e. The SMILES string of the molecule is COC(=O)NC1CCN(Cc2cccc(-c3cnc4[nH]cc(C(=O)C(C)(C)C)c4n3)c2)C1. The summed E-state index contributed by atoms with van der Waals surface area (Å²) in [7, 11) is 1.38. The lowest BCUT2D eigenvalue weighted by Gasteiger charge is -2.17. The van der Waals surface area contributed by atoms with Crippen LogP contribution in [-0.2, 0) is 11.3 Å². The topological polar surface area (TPSA) is 100 Å². The lowest BCUT2D eigenvalue weighted by Crippen LogP contribution is -2.36. The maximum atomic E-state index is 12.8. The number of fused-ring (bicyclic) bond motifs is 1. The standard InChI is InChI=1S/C24H29N5O3/c1-24(2,3)21(30)18-11-25-22-20(18)28-19(12-26-22)16-7-5-6-15(10-16)13-29-9-8-17(14-29)27-23(31)32-4/h5-7,10-12,17H,8-9,13-14H2,1-4H3,(H,25,26)(H,27,31). The molecule has 3 aromatic rings. The van der Waals surface area contributed by atoms with E-state index in [0.717, 1.165) is 42.9 Å². The Hall–Kier alpha value is -3.26. The zero-order valence-electron chi connectivity index (χ0n) is 18.9. The van der Waals surface area contributed by atoms with Gasteiger partial charge in [-0.3, -0.25) is 9.69 Å². The van der Waals surface area contributed by atoms with Gasteiger partial charge in [0.1, 0.15) is 5.52 Å². The smallest absolute Gasteiger partial charge is 0.407 e. The number of hydrogen-bond acceptors (Lipinski definition) is 6. The van der Waals surface area contributed by atoms with Crippen LogP contribution in [0.15, 0.2) is 36.7 Å². The number of hydrogen-bond donors (Lipinski definition) is 2. The molecule has 1 saturated heterocycles. The Labute approximate surface area is 187 Å². The van der Waals surface area contributed by atoms with Crippen LogP contribution in [0.25, 0.3) is 22.4 Å². The van der Waals surface area contributed by atoms with E-state index in [1.807, 2.05) is 32.9 Å². The summed E-state index contributed by atoms with van der Waals surface area (Å²) in [5.74, 6) is 0.0353. The van der Waals surface area contributed by atoms with Gasteiger partial charge in [-0.25, -0.2) is 14.8 Å². The summed E-state index contributed by atoms with van der Waals surface area (Å²) in [6, 6.07) is 8.31. The molecule has 8 nitrogen and oxygen atoms in total. The van der Waals surface area contributed by atoms with Crippen LogP contribution in [0.2, 0.25) is 0 Å². The first-order valence-corrected chi connectivity index (χ1v) is 10.8. The number of amides is 1. The molecule has 1 aromatic carbocycles. The first kappa shape index (κ1) is 22.0. The Morgan fingerprint density at radius 1 is 1.31 bits per heavy atom. The van der Waals surface area contributed by atoms with E-state index < -0.39 is 5.41 Å². The van der Waals surface area contributed by atoms with E-state index >= 15 is 0 Å². The second-order valence-corrected chi connectivity index (χ2v) is 9.29. The molecule has 1 aliphatic heterocycles. The van der Waals surface area contributed by atoms with Crippen LogP contribution in [0.5, 0.6) is 0 Å². The van der Waals surface area contributed by atoms with Gasteiger partial charge in [-0.1, -0.05) is 39.0 Å². The van der Waals surface area contributed by atoms with Gasteiger partial charge in [0.2, 0.25) is 0 Å². The fourth-order valence-corrected chi connectivity index (χ4v) is 4.01. The van der Waals surface area contributed by atoms with E-state index in [4.69, 9.17) is 9.72 Å². The minimum atomic E-state index is -0.497. The molecule has 1 fully saturated rings. The van der Waals surface area contributed by atoms with Gasteiger partial charge in [0.15, 0.2) is 11.4 Å². The van der Waals surface area contributed by atoms with E-state index in [9.17, 15) is 9.59 Å². The maximum absolute atomic E-state index is 12.8. The number of alkyl carbamates (subject to hydrolysis) is 1. The van der Waals surface area contributed by atoms with Gasteiger partial charge in [0.05, 0.1) is 24.6 Å². The van der Waals surface area contributed by atoms with Crippen LogP contribution in [0, 0.1) is 5.41 Å². The molecule has 0 radical (unpaired) electrons. The van der Waals surface area contributed by atoms with Gasteiger partial charge in [-0.15, -0.1) is 0 Å². The molecule has 2 N–H and O–H groups in total. The molecular formula is C24H29N5O3. The fourth-order valence-electron chi connectivity index (χ4n) is 4.01. The summed E-state index contributed by atoms with van der Waals surface area (Å²) < 4.78 is 4.69. The van der Waals surface area contributed by atoms with Gasteiger partial charge in [0.25, 0.3) is 0 Å². The number of aromatic nitrogens is 3. The third-order valence-electron chi connectivity index (χ3n) is 5.72. The number of nitrogens with zero attached hydrogens (tertiary/aromatic N) is 3. The zero-order chi connectivity index (χ0) is 22.9. The van der Waals surface area contributed by atoms with Crippen molar-refractivity contribution in [3.8, 4) is 11.3 Å². The molecule has 1 unspecified atom stereocenters. The van der Waals surface area contributed by atoms with Gasteiger partial charge < -0.3 is 15.0 Å². The summed E-state index contributed by atoms with van der Waals surface area (Å²) in [5, 5.41) is 2.87. The highest BCUT2D eigenvalue weighted by atomic mass is 16.5. The number of likely N-dealkylation sites (tertiary alicyclic amines) is 1. The van der Waals surface area contributed by atoms with Crippen molar-refractivity contribution in [1.82, 2.24) is 25.2 Å². The predicted molar refractivity (Wildman–Crippen MR) is 122 cm³/mol. The van der Waals surface area contributed by atoms with Gasteiger partial charge in [0, 0.05) is 42.9 Å². The quantitative estimate of drug-likeness (QED) is 0.592. The minimum Gasteiger partial charge on any atom is -0.453 e. The Balaban J connectivity index is 1.53. The number of benzene rings is 1. The van der Waals surface area contributed by atoms with Crippen LogP contribution in [0.1, 0.15) is 43.1 Å². The second kappa shape index (κ2) is 8.70. The van der Waals surface area contributed by atoms with Crippen LogP contribution in [0.3, 0.4) is 0 Å². The molecule has 3 heterocycles. The molecule has 0 spiro atoms. The molecule has 0 aliphatic carbocycles. The van der Waals surface area contributed by atoms with Crippen LogP contribution in [-0.4, -0.2) is 58.0 Å². The number of H-pyrrole nitrogens is 1. The molecule has 8 heteroatoms. The number of ether oxygens (including phenoxy) is 1. The van der Waals surface area contributed by atoms with Gasteiger partial charge in [-0.05, 0) is 18.1 Å². The number of rotatable bonds is 5. The lowest BCUT2D eigenvalue weighted by atomic mass is 9.87. The van der Waals surface area contributed by atoms with Crippen molar-refractivity contribution >= 4 is 23.0 Å². The van der Waals surface area contributed by atoms with E-state index in [-0.39, 0.29) is 17.9 Å². The van der Waals surface area contributed by atoms with Crippen molar-refractivity contribution in [1.29, 1.82) is 0 Å². The minimum absolute atomic E-state index is 0.0353. The van der Waals surface area contributed by atoms with Crippen LogP contribution < -0.4 is 5.32 Å². The van der Waals surface area contributed by atoms with E-state index in [1.54, 1.807) is 12.4 Å². The van der Waals surface area contributed by atoms with Gasteiger partial charge >= 0.3 is 6.09 Å². The van der Waals surface area contributed by atoms with Crippen molar-refractivity contribution in [2.75, 3.05) is 20.2 Å². The molecular weight excluding hydrogens is 406 g/mol. The van der Waals surface area contributed by atoms with Crippen molar-refractivity contribution in [2.24, 2.45) is 5.41 Å². The fraction of sp³-hybridized carbons (Fsp3) is 0.417. The first-order chi connectivity index (χ1) is 15.2. The Bertz CT molecular complexity index is 1150. The highest BCUT2D eigenvalue weighted by Crippen LogP contribution is 2.27. The molecule has 0 bridgehead atoms. The lowest BCUT2D eigenvalue weighted by molar-refractivity contribution is 0.0860. The summed E-state index contributed by atoms with van der Waals surface area (Å²) in [6.45, 7) is 8.18. The molecule has 32 heavy (non-hydrogen) atoms. The Morgan fingerprint density at radius 2 is 2.12 bits per heavy atom. The van der Waals surface area contributed by atoms with Crippen molar-refractivity contribution in [3.05, 3.63) is 47.8 Å². The van der Waals surface area contributed by atoms with E-state index in [0.29, 0.717) is 16.7 Å². The number of carbonyl (C=O) groups excluding carboxylic acids is 2. The van der Waals surface area contributed by atoms with Crippen molar-refractivity contribution < 1.29 is 14.3 Å². The molecule has 168 valence electrons. The molecule has 1 amide bonds. The van der Waals surface area contributed by atoms with E-state index in [2.05, 4.69) is 32.3 Å². The average Bonchev–Trinajstić information content (AvgIpc) is 3.38. The zero-order valence-corrected chi connectivity index (χ0v) is 18.9. The molecule has 0 saturated carbocycles. The molecule has 1 atom stereocenters. The Kier molecular flexibility index (Phi) is 5.97.